The Bertz CT molecular complexity index is 440. The van der Waals surface area contributed by atoms with Gasteiger partial charge in [0.25, 0.3) is 0 Å². The smallest absolute Gasteiger partial charge is 0.306 e. The van der Waals surface area contributed by atoms with Crippen LogP contribution in [0.4, 0.5) is 5.69 Å². The molecule has 55 valence electrons. The van der Waals surface area contributed by atoms with Crippen LogP contribution in [0.1, 0.15) is 0 Å². The van der Waals surface area contributed by atoms with Crippen LogP contribution in [0.3, 0.4) is 0 Å². The molecule has 0 saturated heterocycles. The van der Waals surface area contributed by atoms with Crippen molar-refractivity contribution in [1.29, 1.82) is 0 Å². The number of rotatable bonds is 0. The van der Waals surface area contributed by atoms with Crippen molar-refractivity contribution in [3.63, 3.8) is 0 Å². The average molecular weight is 148 g/mol. The van der Waals surface area contributed by atoms with Gasteiger partial charge >= 0.3 is 5.69 Å². The fourth-order valence-electron chi connectivity index (χ4n) is 1.03. The van der Waals surface area contributed by atoms with E-state index < -0.39 is 0 Å². The van der Waals surface area contributed by atoms with E-state index in [1.165, 1.54) is 0 Å². The van der Waals surface area contributed by atoms with E-state index in [4.69, 9.17) is 5.73 Å². The zero-order valence-electron chi connectivity index (χ0n) is 5.64. The molecule has 3 N–H and O–H groups in total. The van der Waals surface area contributed by atoms with E-state index in [0.29, 0.717) is 11.2 Å². The fraction of sp³-hybridized carbons (Fsp3) is 0. The van der Waals surface area contributed by atoms with E-state index in [0.717, 1.165) is 5.52 Å². The molecular weight excluding hydrogens is 142 g/mol. The molecule has 0 aliphatic heterocycles. The topological polar surface area (TPSA) is 72.5 Å². The summed E-state index contributed by atoms with van der Waals surface area (Å²) in [5.41, 5.74) is 8.84. The number of nitrogens with one attached hydrogen (secondary N) is 3. The van der Waals surface area contributed by atoms with Gasteiger partial charge in [0.2, 0.25) is 0 Å². The first-order valence-corrected chi connectivity index (χ1v) is 3.19. The van der Waals surface area contributed by atoms with Crippen LogP contribution in [0, 0.1) is 0 Å². The van der Waals surface area contributed by atoms with Gasteiger partial charge in [-0.25, -0.2) is 4.79 Å². The van der Waals surface area contributed by atoms with E-state index in [-0.39, 0.29) is 5.69 Å². The van der Waals surface area contributed by atoms with Gasteiger partial charge < -0.3 is 15.7 Å². The van der Waals surface area contributed by atoms with Crippen LogP contribution in [0.2, 0.25) is 0 Å². The molecule has 0 fully saturated rings. The summed E-state index contributed by atoms with van der Waals surface area (Å²) in [6.45, 7) is 0. The Balaban J connectivity index is 2.92. The SMILES string of the molecule is [NH]c1ccc2[nH]c(=O)[nH]c2c1. The van der Waals surface area contributed by atoms with E-state index in [1.54, 1.807) is 18.2 Å². The normalized spacial score (nSPS) is 10.5. The van der Waals surface area contributed by atoms with Crippen molar-refractivity contribution in [2.24, 2.45) is 0 Å². The molecule has 1 aromatic heterocycles. The summed E-state index contributed by atoms with van der Waals surface area (Å²) < 4.78 is 0. The maximum absolute atomic E-state index is 10.7. The molecule has 0 aliphatic rings. The number of aromatic nitrogens is 2. The summed E-state index contributed by atoms with van der Waals surface area (Å²) in [5.74, 6) is 0. The van der Waals surface area contributed by atoms with Gasteiger partial charge in [-0.05, 0) is 18.2 Å². The molecule has 0 atom stereocenters. The maximum Gasteiger partial charge on any atom is 0.323 e. The number of benzene rings is 1. The van der Waals surface area contributed by atoms with Crippen LogP contribution < -0.4 is 11.4 Å². The third-order valence-corrected chi connectivity index (χ3v) is 1.52. The summed E-state index contributed by atoms with van der Waals surface area (Å²) >= 11 is 0. The van der Waals surface area contributed by atoms with E-state index in [9.17, 15) is 4.79 Å². The van der Waals surface area contributed by atoms with Crippen molar-refractivity contribution >= 4 is 16.7 Å². The number of fused-ring (bicyclic) bond motifs is 1. The predicted octanol–water partition coefficient (Wildman–Crippen LogP) is 0.771. The molecule has 1 aromatic carbocycles. The Morgan fingerprint density at radius 2 is 1.91 bits per heavy atom. The third-order valence-electron chi connectivity index (χ3n) is 1.52. The number of hydrogen-bond acceptors (Lipinski definition) is 1. The van der Waals surface area contributed by atoms with Gasteiger partial charge in [0.05, 0.1) is 16.7 Å². The molecule has 0 unspecified atom stereocenters. The minimum Gasteiger partial charge on any atom is -0.306 e. The summed E-state index contributed by atoms with van der Waals surface area (Å²) in [7, 11) is 0. The first-order valence-electron chi connectivity index (χ1n) is 3.19. The molecule has 2 rings (SSSR count). The van der Waals surface area contributed by atoms with Gasteiger partial charge in [-0.1, -0.05) is 0 Å². The standard InChI is InChI=1S/C7H6N3O/c8-4-1-2-5-6(3-4)10-7(11)9-5/h1-3,8H,(H2,9,10,11). The molecule has 4 heteroatoms. The molecule has 0 aliphatic carbocycles. The van der Waals surface area contributed by atoms with Crippen molar-refractivity contribution in [3.05, 3.63) is 28.7 Å². The largest absolute Gasteiger partial charge is 0.323 e. The molecule has 1 heterocycles. The molecule has 11 heavy (non-hydrogen) atoms. The Morgan fingerprint density at radius 1 is 1.18 bits per heavy atom. The second-order valence-corrected chi connectivity index (χ2v) is 2.34. The predicted molar refractivity (Wildman–Crippen MR) is 41.7 cm³/mol. The van der Waals surface area contributed by atoms with Crippen molar-refractivity contribution in [1.82, 2.24) is 15.7 Å². The highest BCUT2D eigenvalue weighted by molar-refractivity contribution is 5.77. The summed E-state index contributed by atoms with van der Waals surface area (Å²) in [4.78, 5) is 15.9. The third kappa shape index (κ3) is 0.881. The first-order chi connectivity index (χ1) is 5.25. The molecule has 1 radical (unpaired) electrons. The maximum atomic E-state index is 10.7. The summed E-state index contributed by atoms with van der Waals surface area (Å²) in [6, 6.07) is 4.94. The number of imidazole rings is 1. The first kappa shape index (κ1) is 6.03. The highest BCUT2D eigenvalue weighted by Crippen LogP contribution is 2.11. The quantitative estimate of drug-likeness (QED) is 0.569. The van der Waals surface area contributed by atoms with Gasteiger partial charge in [0.15, 0.2) is 0 Å². The molecule has 0 spiro atoms. The van der Waals surface area contributed by atoms with Crippen molar-refractivity contribution in [2.45, 2.75) is 0 Å². The summed E-state index contributed by atoms with van der Waals surface area (Å²) in [5, 5.41) is 0. The lowest BCUT2D eigenvalue weighted by Crippen LogP contribution is -1.99. The monoisotopic (exact) mass is 148 g/mol. The average Bonchev–Trinajstić information content (AvgIpc) is 2.27. The van der Waals surface area contributed by atoms with Gasteiger partial charge in [-0.3, -0.25) is 0 Å². The van der Waals surface area contributed by atoms with Gasteiger partial charge in [-0.15, -0.1) is 0 Å². The second-order valence-electron chi connectivity index (χ2n) is 2.34. The Labute approximate surface area is 62.0 Å². The van der Waals surface area contributed by atoms with Crippen LogP contribution in [0.25, 0.3) is 11.0 Å². The zero-order valence-corrected chi connectivity index (χ0v) is 5.64. The molecule has 0 saturated carbocycles. The van der Waals surface area contributed by atoms with Crippen LogP contribution in [-0.2, 0) is 0 Å². The highest BCUT2D eigenvalue weighted by Gasteiger charge is 1.96. The number of hydrogen-bond donors (Lipinski definition) is 2. The Hall–Kier alpha value is -1.71. The van der Waals surface area contributed by atoms with Crippen LogP contribution in [-0.4, -0.2) is 9.97 Å². The molecule has 0 bridgehead atoms. The highest BCUT2D eigenvalue weighted by atomic mass is 16.1. The van der Waals surface area contributed by atoms with Crippen molar-refractivity contribution in [3.8, 4) is 0 Å². The molecule has 4 nitrogen and oxygen atoms in total. The zero-order chi connectivity index (χ0) is 7.84. The van der Waals surface area contributed by atoms with Crippen LogP contribution >= 0.6 is 0 Å². The molecule has 2 aromatic rings. The van der Waals surface area contributed by atoms with Crippen molar-refractivity contribution in [2.75, 3.05) is 0 Å². The second kappa shape index (κ2) is 1.88. The van der Waals surface area contributed by atoms with E-state index >= 15 is 0 Å². The molecule has 0 amide bonds. The van der Waals surface area contributed by atoms with Crippen LogP contribution in [0.5, 0.6) is 0 Å². The molecular formula is C7H6N3O. The Kier molecular flexibility index (Phi) is 1.03. The Morgan fingerprint density at radius 3 is 2.73 bits per heavy atom. The summed E-state index contributed by atoms with van der Waals surface area (Å²) in [6.07, 6.45) is 0. The minimum absolute atomic E-state index is 0.231. The number of aromatic amines is 2. The fourth-order valence-corrected chi connectivity index (χ4v) is 1.03. The van der Waals surface area contributed by atoms with E-state index in [1.807, 2.05) is 0 Å². The minimum atomic E-state index is -0.231. The lowest BCUT2D eigenvalue weighted by Gasteiger charge is -1.88. The lowest BCUT2D eigenvalue weighted by molar-refractivity contribution is 1.21. The van der Waals surface area contributed by atoms with Gasteiger partial charge in [0, 0.05) is 0 Å². The van der Waals surface area contributed by atoms with Gasteiger partial charge in [-0.2, -0.15) is 0 Å². The van der Waals surface area contributed by atoms with Crippen LogP contribution in [0.15, 0.2) is 23.0 Å². The number of H-pyrrole nitrogens is 2. The van der Waals surface area contributed by atoms with Gasteiger partial charge in [0.1, 0.15) is 0 Å². The lowest BCUT2D eigenvalue weighted by atomic mass is 10.3. The van der Waals surface area contributed by atoms with Crippen molar-refractivity contribution < 1.29 is 0 Å². The van der Waals surface area contributed by atoms with E-state index in [2.05, 4.69) is 9.97 Å².